The van der Waals surface area contributed by atoms with Crippen molar-refractivity contribution in [2.24, 2.45) is 5.92 Å². The van der Waals surface area contributed by atoms with Crippen molar-refractivity contribution < 1.29 is 4.74 Å². The number of hydrogen-bond donors (Lipinski definition) is 2. The lowest BCUT2D eigenvalue weighted by Gasteiger charge is -2.19. The van der Waals surface area contributed by atoms with Crippen LogP contribution in [0, 0.1) is 5.92 Å². The second-order valence-corrected chi connectivity index (χ2v) is 3.97. The maximum Gasteiger partial charge on any atom is 0.215 e. The highest BCUT2D eigenvalue weighted by molar-refractivity contribution is 5.62. The van der Waals surface area contributed by atoms with E-state index in [1.165, 1.54) is 0 Å². The molecule has 0 saturated carbocycles. The van der Waals surface area contributed by atoms with Crippen LogP contribution in [0.4, 0.5) is 11.5 Å². The summed E-state index contributed by atoms with van der Waals surface area (Å²) in [5.74, 6) is 1.79. The van der Waals surface area contributed by atoms with Gasteiger partial charge < -0.3 is 15.8 Å². The van der Waals surface area contributed by atoms with Crippen molar-refractivity contribution in [3.05, 3.63) is 12.1 Å². The number of ether oxygens (including phenoxy) is 1. The molecule has 0 aliphatic rings. The van der Waals surface area contributed by atoms with Crippen LogP contribution in [-0.4, -0.2) is 18.1 Å². The lowest BCUT2D eigenvalue weighted by Crippen LogP contribution is -2.22. The minimum atomic E-state index is 0.326. The Kier molecular flexibility index (Phi) is 3.77. The summed E-state index contributed by atoms with van der Waals surface area (Å²) in [7, 11) is 1.59. The second-order valence-electron chi connectivity index (χ2n) is 3.97. The quantitative estimate of drug-likeness (QED) is 0.797. The third-order valence-electron chi connectivity index (χ3n) is 2.47. The molecule has 4 heteroatoms. The summed E-state index contributed by atoms with van der Waals surface area (Å²) in [5.41, 5.74) is 6.45. The van der Waals surface area contributed by atoms with Crippen molar-refractivity contribution >= 4 is 11.5 Å². The average molecular weight is 209 g/mol. The van der Waals surface area contributed by atoms with Crippen molar-refractivity contribution in [2.75, 3.05) is 18.2 Å². The van der Waals surface area contributed by atoms with Gasteiger partial charge in [-0.1, -0.05) is 13.8 Å². The molecule has 0 bridgehead atoms. The Hall–Kier alpha value is -1.45. The fourth-order valence-corrected chi connectivity index (χ4v) is 1.06. The normalized spacial score (nSPS) is 12.6. The van der Waals surface area contributed by atoms with E-state index in [-0.39, 0.29) is 0 Å². The maximum atomic E-state index is 5.81. The number of rotatable bonds is 4. The van der Waals surface area contributed by atoms with Crippen LogP contribution in [0.3, 0.4) is 0 Å². The third kappa shape index (κ3) is 3.01. The molecule has 1 rings (SSSR count). The van der Waals surface area contributed by atoms with Crippen LogP contribution in [0.1, 0.15) is 20.8 Å². The molecule has 0 aromatic carbocycles. The van der Waals surface area contributed by atoms with Gasteiger partial charge in [0.2, 0.25) is 5.88 Å². The fraction of sp³-hybridized carbons (Fsp3) is 0.545. The summed E-state index contributed by atoms with van der Waals surface area (Å²) in [4.78, 5) is 4.25. The highest BCUT2D eigenvalue weighted by Crippen LogP contribution is 2.21. The summed E-state index contributed by atoms with van der Waals surface area (Å²) in [6.07, 6.45) is 0. The number of pyridine rings is 1. The fourth-order valence-electron chi connectivity index (χ4n) is 1.06. The van der Waals surface area contributed by atoms with Gasteiger partial charge in [0.15, 0.2) is 5.82 Å². The van der Waals surface area contributed by atoms with Gasteiger partial charge in [-0.3, -0.25) is 0 Å². The first-order valence-electron chi connectivity index (χ1n) is 5.11. The van der Waals surface area contributed by atoms with Crippen molar-refractivity contribution in [2.45, 2.75) is 26.8 Å². The van der Waals surface area contributed by atoms with Crippen molar-refractivity contribution in [1.82, 2.24) is 4.98 Å². The van der Waals surface area contributed by atoms with Crippen LogP contribution in [0.15, 0.2) is 12.1 Å². The Morgan fingerprint density at radius 2 is 2.00 bits per heavy atom. The molecule has 0 aliphatic carbocycles. The van der Waals surface area contributed by atoms with E-state index in [1.54, 1.807) is 19.2 Å². The van der Waals surface area contributed by atoms with Crippen LogP contribution >= 0.6 is 0 Å². The van der Waals surface area contributed by atoms with E-state index in [9.17, 15) is 0 Å². The number of methoxy groups -OCH3 is 1. The first-order valence-corrected chi connectivity index (χ1v) is 5.11. The maximum absolute atomic E-state index is 5.81. The van der Waals surface area contributed by atoms with Gasteiger partial charge in [-0.25, -0.2) is 0 Å². The van der Waals surface area contributed by atoms with Gasteiger partial charge in [0.1, 0.15) is 0 Å². The van der Waals surface area contributed by atoms with Gasteiger partial charge in [0.05, 0.1) is 12.8 Å². The van der Waals surface area contributed by atoms with E-state index in [0.29, 0.717) is 29.3 Å². The monoisotopic (exact) mass is 209 g/mol. The van der Waals surface area contributed by atoms with Gasteiger partial charge in [0.25, 0.3) is 0 Å². The Bertz CT molecular complexity index is 326. The van der Waals surface area contributed by atoms with Crippen LogP contribution in [0.25, 0.3) is 0 Å². The van der Waals surface area contributed by atoms with Gasteiger partial charge in [-0.15, -0.1) is 0 Å². The van der Waals surface area contributed by atoms with E-state index in [0.717, 1.165) is 0 Å². The average Bonchev–Trinajstić information content (AvgIpc) is 2.21. The first kappa shape index (κ1) is 11.6. The Labute approximate surface area is 90.8 Å². The molecular weight excluding hydrogens is 190 g/mol. The number of nitrogen functional groups attached to an aromatic ring is 1. The Balaban J connectivity index is 2.83. The lowest BCUT2D eigenvalue weighted by atomic mass is 10.1. The molecular formula is C11H19N3O. The first-order chi connectivity index (χ1) is 7.04. The Morgan fingerprint density at radius 1 is 1.33 bits per heavy atom. The SMILES string of the molecule is COc1ccc(N)c(NC(C)C(C)C)n1. The molecule has 4 nitrogen and oxygen atoms in total. The van der Waals surface area contributed by atoms with Crippen LogP contribution in [0.2, 0.25) is 0 Å². The summed E-state index contributed by atoms with van der Waals surface area (Å²) in [6, 6.07) is 3.87. The number of nitrogens with zero attached hydrogens (tertiary/aromatic N) is 1. The molecule has 84 valence electrons. The van der Waals surface area contributed by atoms with Crippen molar-refractivity contribution in [1.29, 1.82) is 0 Å². The lowest BCUT2D eigenvalue weighted by molar-refractivity contribution is 0.398. The number of nitrogens with one attached hydrogen (secondary N) is 1. The summed E-state index contributed by atoms with van der Waals surface area (Å²) in [6.45, 7) is 6.40. The van der Waals surface area contributed by atoms with Gasteiger partial charge >= 0.3 is 0 Å². The van der Waals surface area contributed by atoms with Gasteiger partial charge in [-0.2, -0.15) is 4.98 Å². The molecule has 0 spiro atoms. The highest BCUT2D eigenvalue weighted by Gasteiger charge is 2.10. The Morgan fingerprint density at radius 3 is 2.53 bits per heavy atom. The van der Waals surface area contributed by atoms with Gasteiger partial charge in [0, 0.05) is 12.1 Å². The smallest absolute Gasteiger partial charge is 0.215 e. The minimum Gasteiger partial charge on any atom is -0.481 e. The third-order valence-corrected chi connectivity index (χ3v) is 2.47. The second kappa shape index (κ2) is 4.87. The molecule has 0 fully saturated rings. The zero-order valence-corrected chi connectivity index (χ0v) is 9.74. The van der Waals surface area contributed by atoms with Crippen molar-refractivity contribution in [3.63, 3.8) is 0 Å². The van der Waals surface area contributed by atoms with E-state index >= 15 is 0 Å². The molecule has 1 atom stereocenters. The molecule has 1 aromatic heterocycles. The number of nitrogens with two attached hydrogens (primary N) is 1. The minimum absolute atomic E-state index is 0.326. The van der Waals surface area contributed by atoms with Crippen molar-refractivity contribution in [3.8, 4) is 5.88 Å². The molecule has 1 heterocycles. The largest absolute Gasteiger partial charge is 0.481 e. The standard InChI is InChI=1S/C11H19N3O/c1-7(2)8(3)13-11-9(12)5-6-10(14-11)15-4/h5-8H,12H2,1-4H3,(H,13,14). The topological polar surface area (TPSA) is 60.2 Å². The molecule has 1 aromatic rings. The number of anilines is 2. The van der Waals surface area contributed by atoms with Crippen LogP contribution in [0.5, 0.6) is 5.88 Å². The molecule has 15 heavy (non-hydrogen) atoms. The molecule has 0 radical (unpaired) electrons. The predicted molar refractivity (Wildman–Crippen MR) is 63.1 cm³/mol. The van der Waals surface area contributed by atoms with Crippen LogP contribution in [-0.2, 0) is 0 Å². The van der Waals surface area contributed by atoms with E-state index < -0.39 is 0 Å². The molecule has 0 saturated heterocycles. The molecule has 0 aliphatic heterocycles. The summed E-state index contributed by atoms with van der Waals surface area (Å²) in [5, 5.41) is 3.27. The number of hydrogen-bond acceptors (Lipinski definition) is 4. The zero-order chi connectivity index (χ0) is 11.4. The molecule has 0 amide bonds. The van der Waals surface area contributed by atoms with E-state index in [4.69, 9.17) is 10.5 Å². The summed E-state index contributed by atoms with van der Waals surface area (Å²) >= 11 is 0. The van der Waals surface area contributed by atoms with E-state index in [2.05, 4.69) is 31.1 Å². The molecule has 1 unspecified atom stereocenters. The van der Waals surface area contributed by atoms with E-state index in [1.807, 2.05) is 0 Å². The number of aromatic nitrogens is 1. The molecule has 3 N–H and O–H groups in total. The van der Waals surface area contributed by atoms with Gasteiger partial charge in [-0.05, 0) is 18.9 Å². The summed E-state index contributed by atoms with van der Waals surface area (Å²) < 4.78 is 5.05. The highest BCUT2D eigenvalue weighted by atomic mass is 16.5. The predicted octanol–water partition coefficient (Wildman–Crippen LogP) is 2.13. The zero-order valence-electron chi connectivity index (χ0n) is 9.74. The van der Waals surface area contributed by atoms with Crippen LogP contribution < -0.4 is 15.8 Å².